The van der Waals surface area contributed by atoms with Crippen LogP contribution in [0, 0.1) is 0 Å². The number of unbranched alkanes of at least 4 members (excludes halogenated alkanes) is 44. The summed E-state index contributed by atoms with van der Waals surface area (Å²) in [5, 5.41) is 57.4. The fraction of sp³-hybridized carbons (Fsp3) is 0.846. The van der Waals surface area contributed by atoms with E-state index in [2.05, 4.69) is 74.7 Å². The van der Waals surface area contributed by atoms with Gasteiger partial charge in [-0.2, -0.15) is 0 Å². The molecule has 1 aliphatic rings. The molecule has 1 rings (SSSR count). The monoisotopic (exact) mass is 1250 g/mol. The molecule has 1 amide bonds. The fourth-order valence-corrected chi connectivity index (χ4v) is 11.9. The first-order chi connectivity index (χ1) is 43.7. The molecule has 1 heterocycles. The van der Waals surface area contributed by atoms with Gasteiger partial charge in [0, 0.05) is 6.42 Å². The number of aliphatic hydroxyl groups excluding tert-OH is 5. The van der Waals surface area contributed by atoms with Gasteiger partial charge in [-0.15, -0.1) is 0 Å². The summed E-state index contributed by atoms with van der Waals surface area (Å²) in [5.41, 5.74) is 0. The molecule has 0 aliphatic carbocycles. The van der Waals surface area contributed by atoms with E-state index in [1.165, 1.54) is 212 Å². The van der Waals surface area contributed by atoms with Crippen LogP contribution in [0.4, 0.5) is 0 Å². The van der Waals surface area contributed by atoms with Crippen LogP contribution in [-0.2, 0) is 23.8 Å². The van der Waals surface area contributed by atoms with Crippen LogP contribution < -0.4 is 5.32 Å². The molecule has 0 saturated carbocycles. The van der Waals surface area contributed by atoms with Crippen LogP contribution in [0.1, 0.15) is 361 Å². The molecular formula is C78H143NO10. The minimum absolute atomic E-state index is 0.111. The zero-order valence-electron chi connectivity index (χ0n) is 58.1. The smallest absolute Gasteiger partial charge is 0.306 e. The molecule has 11 nitrogen and oxygen atoms in total. The molecular weight excluding hydrogens is 1110 g/mol. The van der Waals surface area contributed by atoms with Gasteiger partial charge in [0.1, 0.15) is 24.4 Å². The lowest BCUT2D eigenvalue weighted by Crippen LogP contribution is -2.61. The molecule has 520 valence electrons. The van der Waals surface area contributed by atoms with E-state index < -0.39 is 67.4 Å². The van der Waals surface area contributed by atoms with Gasteiger partial charge in [-0.3, -0.25) is 9.59 Å². The van der Waals surface area contributed by atoms with E-state index in [0.717, 1.165) is 103 Å². The topological polar surface area (TPSA) is 175 Å². The molecule has 0 radical (unpaired) electrons. The van der Waals surface area contributed by atoms with Crippen LogP contribution in [-0.4, -0.2) is 99.6 Å². The van der Waals surface area contributed by atoms with Crippen LogP contribution in [0.3, 0.4) is 0 Å². The van der Waals surface area contributed by atoms with Crippen LogP contribution >= 0.6 is 0 Å². The maximum atomic E-state index is 13.5. The standard InChI is InChI=1S/C78H143NO10/c1-4-7-10-13-16-19-22-25-27-29-31-33-35-37-38-40-42-44-47-50-53-56-59-62-65-71(82)77(86)79-69(70(81)64-61-58-55-52-49-46-24-21-18-15-12-9-6-3)68-87-78-76(75(85)74(84)72(67-80)88-78)89-73(83)66-63-60-57-54-51-48-45-43-41-39-36-34-32-30-28-26-23-20-17-14-11-8-5-2/h17,20,26,28,32,34,39,41,61,64,69-72,74-76,78,80-82,84-85H,4-16,18-19,21-25,27,29-31,33,35-38,40,42-60,62-63,65-68H2,1-3H3,(H,79,86)/b20-17-,28-26-,34-32-,41-39-,64-61+. The molecule has 0 bridgehead atoms. The Balaban J connectivity index is 2.56. The van der Waals surface area contributed by atoms with Gasteiger partial charge in [-0.05, 0) is 70.6 Å². The third kappa shape index (κ3) is 52.4. The van der Waals surface area contributed by atoms with Crippen molar-refractivity contribution >= 4 is 11.9 Å². The van der Waals surface area contributed by atoms with E-state index in [0.29, 0.717) is 19.3 Å². The maximum Gasteiger partial charge on any atom is 0.306 e. The summed E-state index contributed by atoms with van der Waals surface area (Å²) in [5.74, 6) is -1.19. The number of aliphatic hydroxyl groups is 5. The van der Waals surface area contributed by atoms with E-state index in [1.807, 2.05) is 6.08 Å². The highest BCUT2D eigenvalue weighted by molar-refractivity contribution is 5.80. The van der Waals surface area contributed by atoms with Gasteiger partial charge >= 0.3 is 5.97 Å². The average Bonchev–Trinajstić information content (AvgIpc) is 3.20. The predicted octanol–water partition coefficient (Wildman–Crippen LogP) is 20.1. The Bertz CT molecular complexity index is 1680. The van der Waals surface area contributed by atoms with Crippen LogP contribution in [0.15, 0.2) is 60.8 Å². The number of hydrogen-bond acceptors (Lipinski definition) is 10. The highest BCUT2D eigenvalue weighted by Gasteiger charge is 2.47. The lowest BCUT2D eigenvalue weighted by molar-refractivity contribution is -0.305. The third-order valence-corrected chi connectivity index (χ3v) is 17.9. The highest BCUT2D eigenvalue weighted by Crippen LogP contribution is 2.27. The first kappa shape index (κ1) is 84.4. The number of amides is 1. The third-order valence-electron chi connectivity index (χ3n) is 17.9. The van der Waals surface area contributed by atoms with Crippen molar-refractivity contribution in [2.75, 3.05) is 13.2 Å². The lowest BCUT2D eigenvalue weighted by Gasteiger charge is -2.41. The van der Waals surface area contributed by atoms with Crippen LogP contribution in [0.25, 0.3) is 0 Å². The molecule has 0 spiro atoms. The Morgan fingerprint density at radius 1 is 0.438 bits per heavy atom. The number of carbonyl (C=O) groups is 2. The zero-order chi connectivity index (χ0) is 64.6. The summed E-state index contributed by atoms with van der Waals surface area (Å²) >= 11 is 0. The molecule has 89 heavy (non-hydrogen) atoms. The lowest BCUT2D eigenvalue weighted by atomic mass is 9.99. The molecule has 6 N–H and O–H groups in total. The van der Waals surface area contributed by atoms with E-state index in [1.54, 1.807) is 6.08 Å². The second-order valence-corrected chi connectivity index (χ2v) is 26.4. The average molecular weight is 1250 g/mol. The van der Waals surface area contributed by atoms with E-state index in [-0.39, 0.29) is 13.0 Å². The van der Waals surface area contributed by atoms with E-state index in [4.69, 9.17) is 14.2 Å². The van der Waals surface area contributed by atoms with Crippen molar-refractivity contribution in [2.45, 2.75) is 410 Å². The first-order valence-corrected chi connectivity index (χ1v) is 38.1. The molecule has 8 atom stereocenters. The Labute approximate surface area is 548 Å². The van der Waals surface area contributed by atoms with Crippen molar-refractivity contribution in [3.05, 3.63) is 60.8 Å². The minimum Gasteiger partial charge on any atom is -0.454 e. The van der Waals surface area contributed by atoms with Crippen LogP contribution in [0.2, 0.25) is 0 Å². The van der Waals surface area contributed by atoms with Crippen molar-refractivity contribution < 1.29 is 49.3 Å². The normalized spacial score (nSPS) is 18.4. The summed E-state index contributed by atoms with van der Waals surface area (Å²) in [6, 6.07) is -1.03. The summed E-state index contributed by atoms with van der Waals surface area (Å²) in [7, 11) is 0. The van der Waals surface area contributed by atoms with Gasteiger partial charge in [0.15, 0.2) is 12.4 Å². The number of hydrogen-bond donors (Lipinski definition) is 6. The van der Waals surface area contributed by atoms with Gasteiger partial charge in [0.2, 0.25) is 5.91 Å². The SMILES string of the molecule is CCCCC/C=C\C/C=C\C/C=C\C/C=C\CCCCCCCCCC(=O)OC1C(OCC(NC(=O)C(O)CCCCCCCCCCCCCCCCCCCCCCCCCC)C(O)/C=C/CCCCCCCCCCCCC)OC(CO)C(O)C1O. The zero-order valence-corrected chi connectivity index (χ0v) is 58.1. The second-order valence-electron chi connectivity index (χ2n) is 26.4. The number of allylic oxidation sites excluding steroid dienone is 9. The molecule has 1 saturated heterocycles. The summed E-state index contributed by atoms with van der Waals surface area (Å²) < 4.78 is 17.7. The minimum atomic E-state index is -1.62. The summed E-state index contributed by atoms with van der Waals surface area (Å²) in [4.78, 5) is 26.7. The van der Waals surface area contributed by atoms with Crippen molar-refractivity contribution in [2.24, 2.45) is 0 Å². The summed E-state index contributed by atoms with van der Waals surface area (Å²) in [6.45, 7) is 5.82. The molecule has 8 unspecified atom stereocenters. The van der Waals surface area contributed by atoms with Crippen LogP contribution in [0.5, 0.6) is 0 Å². The van der Waals surface area contributed by atoms with Crippen molar-refractivity contribution in [3.63, 3.8) is 0 Å². The molecule has 1 fully saturated rings. The highest BCUT2D eigenvalue weighted by atomic mass is 16.7. The van der Waals surface area contributed by atoms with Gasteiger partial charge in [0.05, 0.1) is 25.4 Å². The Hall–Kier alpha value is -2.64. The number of nitrogens with one attached hydrogen (secondary N) is 1. The summed E-state index contributed by atoms with van der Waals surface area (Å²) in [6.07, 6.45) is 74.1. The molecule has 0 aromatic heterocycles. The second kappa shape index (κ2) is 65.4. The first-order valence-electron chi connectivity index (χ1n) is 38.1. The van der Waals surface area contributed by atoms with Crippen molar-refractivity contribution in [1.82, 2.24) is 5.32 Å². The number of carbonyl (C=O) groups excluding carboxylic acids is 2. The number of esters is 1. The number of ether oxygens (including phenoxy) is 3. The Morgan fingerprint density at radius 2 is 0.775 bits per heavy atom. The van der Waals surface area contributed by atoms with Gasteiger partial charge in [-0.1, -0.05) is 345 Å². The molecule has 1 aliphatic heterocycles. The van der Waals surface area contributed by atoms with Crippen molar-refractivity contribution in [1.29, 1.82) is 0 Å². The maximum absolute atomic E-state index is 13.5. The quantitative estimate of drug-likeness (QED) is 0.0195. The molecule has 0 aromatic carbocycles. The van der Waals surface area contributed by atoms with Gasteiger partial charge in [0.25, 0.3) is 0 Å². The number of rotatable bonds is 66. The van der Waals surface area contributed by atoms with Gasteiger partial charge in [-0.25, -0.2) is 0 Å². The predicted molar refractivity (Wildman–Crippen MR) is 375 cm³/mol. The van der Waals surface area contributed by atoms with E-state index >= 15 is 0 Å². The largest absolute Gasteiger partial charge is 0.454 e. The molecule has 0 aromatic rings. The molecule has 11 heteroatoms. The Kier molecular flexibility index (Phi) is 62.0. The Morgan fingerprint density at radius 3 is 1.18 bits per heavy atom. The van der Waals surface area contributed by atoms with Gasteiger partial charge < -0.3 is 45.1 Å². The van der Waals surface area contributed by atoms with E-state index in [9.17, 15) is 35.1 Å². The van der Waals surface area contributed by atoms with Crippen molar-refractivity contribution in [3.8, 4) is 0 Å². The fourth-order valence-electron chi connectivity index (χ4n) is 11.9.